The fraction of sp³-hybridized carbons (Fsp3) is 0.316. The molecule has 21 heavy (non-hydrogen) atoms. The largest absolute Gasteiger partial charge is 0.384 e. The van der Waals surface area contributed by atoms with Crippen molar-refractivity contribution in [3.8, 4) is 0 Å². The van der Waals surface area contributed by atoms with Crippen molar-refractivity contribution >= 4 is 11.5 Å². The third-order valence-electron chi connectivity index (χ3n) is 4.16. The van der Waals surface area contributed by atoms with Crippen molar-refractivity contribution in [3.05, 3.63) is 64.7 Å². The lowest BCUT2D eigenvalue weighted by Crippen LogP contribution is -2.16. The van der Waals surface area contributed by atoms with Gasteiger partial charge in [-0.1, -0.05) is 50.2 Å². The Hall–Kier alpha value is -2.09. The number of nitrogens with one attached hydrogen (secondary N) is 1. The maximum atomic E-state index is 12.8. The molecule has 0 radical (unpaired) electrons. The molecule has 0 fully saturated rings. The van der Waals surface area contributed by atoms with E-state index in [0.29, 0.717) is 5.92 Å². The molecular formula is C19H21NO. The number of hydrogen-bond acceptors (Lipinski definition) is 2. The third kappa shape index (κ3) is 2.71. The number of rotatable bonds is 3. The zero-order valence-corrected chi connectivity index (χ0v) is 12.6. The smallest absolute Gasteiger partial charge is 0.195 e. The van der Waals surface area contributed by atoms with Crippen LogP contribution < -0.4 is 5.32 Å². The van der Waals surface area contributed by atoms with E-state index in [9.17, 15) is 4.79 Å². The van der Waals surface area contributed by atoms with Gasteiger partial charge in [-0.2, -0.15) is 0 Å². The number of anilines is 1. The van der Waals surface area contributed by atoms with Crippen molar-refractivity contribution in [1.82, 2.24) is 0 Å². The lowest BCUT2D eigenvalue weighted by Gasteiger charge is -2.20. The number of aryl methyl sites for hydroxylation is 1. The number of hydrogen-bond donors (Lipinski definition) is 1. The molecule has 108 valence electrons. The lowest BCUT2D eigenvalue weighted by atomic mass is 9.93. The summed E-state index contributed by atoms with van der Waals surface area (Å²) in [6.07, 6.45) is 2.18. The molecule has 0 saturated heterocycles. The average Bonchev–Trinajstić information content (AvgIpc) is 2.53. The minimum Gasteiger partial charge on any atom is -0.384 e. The Balaban J connectivity index is 1.95. The molecule has 0 bridgehead atoms. The summed E-state index contributed by atoms with van der Waals surface area (Å²) in [6, 6.07) is 14.0. The van der Waals surface area contributed by atoms with Crippen LogP contribution in [0.1, 0.15) is 53.2 Å². The van der Waals surface area contributed by atoms with E-state index in [2.05, 4.69) is 37.4 Å². The second-order valence-electron chi connectivity index (χ2n) is 5.98. The Bertz CT molecular complexity index is 656. The molecule has 2 nitrogen and oxygen atoms in total. The van der Waals surface area contributed by atoms with Crippen LogP contribution in [0.5, 0.6) is 0 Å². The van der Waals surface area contributed by atoms with Gasteiger partial charge in [-0.05, 0) is 36.0 Å². The zero-order chi connectivity index (χ0) is 14.8. The van der Waals surface area contributed by atoms with Crippen molar-refractivity contribution < 1.29 is 4.79 Å². The normalized spacial score (nSPS) is 13.7. The number of ketones is 1. The van der Waals surface area contributed by atoms with Crippen molar-refractivity contribution in [2.24, 2.45) is 0 Å². The standard InChI is InChI=1S/C19H21NO/c1-13(2)14-8-10-16(11-9-14)19(21)17-7-3-5-15-6-4-12-20-18(15)17/h3,5,7-11,13,20H,4,6,12H2,1-2H3. The first-order chi connectivity index (χ1) is 10.2. The van der Waals surface area contributed by atoms with Gasteiger partial charge in [0.05, 0.1) is 0 Å². The van der Waals surface area contributed by atoms with Crippen LogP contribution in [0.15, 0.2) is 42.5 Å². The van der Waals surface area contributed by atoms with E-state index >= 15 is 0 Å². The monoisotopic (exact) mass is 279 g/mol. The highest BCUT2D eigenvalue weighted by Gasteiger charge is 2.18. The van der Waals surface area contributed by atoms with Crippen LogP contribution in [-0.4, -0.2) is 12.3 Å². The van der Waals surface area contributed by atoms with E-state index in [1.165, 1.54) is 11.1 Å². The molecule has 2 aromatic rings. The number of carbonyl (C=O) groups is 1. The highest BCUT2D eigenvalue weighted by molar-refractivity contribution is 6.12. The number of para-hydroxylation sites is 1. The minimum absolute atomic E-state index is 0.108. The first-order valence-electron chi connectivity index (χ1n) is 7.67. The van der Waals surface area contributed by atoms with Crippen LogP contribution in [0.4, 0.5) is 5.69 Å². The third-order valence-corrected chi connectivity index (χ3v) is 4.16. The number of benzene rings is 2. The van der Waals surface area contributed by atoms with Crippen LogP contribution in [0.25, 0.3) is 0 Å². The Labute approximate surface area is 126 Å². The van der Waals surface area contributed by atoms with Crippen LogP contribution in [0, 0.1) is 0 Å². The summed E-state index contributed by atoms with van der Waals surface area (Å²) in [5, 5.41) is 3.39. The Kier molecular flexibility index (Phi) is 3.78. The molecule has 0 aromatic heterocycles. The van der Waals surface area contributed by atoms with Gasteiger partial charge in [-0.15, -0.1) is 0 Å². The average molecular weight is 279 g/mol. The SMILES string of the molecule is CC(C)c1ccc(C(=O)c2cccc3c2NCCC3)cc1. The van der Waals surface area contributed by atoms with Gasteiger partial charge in [0.15, 0.2) is 5.78 Å². The summed E-state index contributed by atoms with van der Waals surface area (Å²) in [5.74, 6) is 0.594. The number of carbonyl (C=O) groups excluding carboxylic acids is 1. The molecule has 1 aliphatic heterocycles. The van der Waals surface area contributed by atoms with Crippen molar-refractivity contribution in [3.63, 3.8) is 0 Å². The zero-order valence-electron chi connectivity index (χ0n) is 12.6. The molecule has 3 rings (SSSR count). The maximum absolute atomic E-state index is 12.8. The van der Waals surface area contributed by atoms with Crippen molar-refractivity contribution in [2.75, 3.05) is 11.9 Å². The van der Waals surface area contributed by atoms with E-state index < -0.39 is 0 Å². The van der Waals surface area contributed by atoms with Gasteiger partial charge in [0.2, 0.25) is 0 Å². The lowest BCUT2D eigenvalue weighted by molar-refractivity contribution is 0.103. The maximum Gasteiger partial charge on any atom is 0.195 e. The van der Waals surface area contributed by atoms with E-state index in [1.54, 1.807) is 0 Å². The molecule has 0 amide bonds. The molecule has 0 unspecified atom stereocenters. The predicted octanol–water partition coefficient (Wildman–Crippen LogP) is 4.40. The molecule has 0 spiro atoms. The molecule has 0 atom stereocenters. The van der Waals surface area contributed by atoms with Crippen LogP contribution >= 0.6 is 0 Å². The minimum atomic E-state index is 0.108. The van der Waals surface area contributed by atoms with Gasteiger partial charge < -0.3 is 5.32 Å². The molecule has 0 aliphatic carbocycles. The first kappa shape index (κ1) is 13.9. The van der Waals surface area contributed by atoms with Gasteiger partial charge >= 0.3 is 0 Å². The summed E-state index contributed by atoms with van der Waals surface area (Å²) in [7, 11) is 0. The molecular weight excluding hydrogens is 258 g/mol. The van der Waals surface area contributed by atoms with Crippen LogP contribution in [-0.2, 0) is 6.42 Å². The van der Waals surface area contributed by atoms with Gasteiger partial charge in [-0.3, -0.25) is 4.79 Å². The quantitative estimate of drug-likeness (QED) is 0.844. The van der Waals surface area contributed by atoms with E-state index in [4.69, 9.17) is 0 Å². The van der Waals surface area contributed by atoms with Gasteiger partial charge in [-0.25, -0.2) is 0 Å². The number of fused-ring (bicyclic) bond motifs is 1. The Morgan fingerprint density at radius 2 is 1.86 bits per heavy atom. The molecule has 2 aromatic carbocycles. The topological polar surface area (TPSA) is 29.1 Å². The Morgan fingerprint density at radius 3 is 2.57 bits per heavy atom. The van der Waals surface area contributed by atoms with E-state index in [0.717, 1.165) is 36.2 Å². The van der Waals surface area contributed by atoms with Crippen molar-refractivity contribution in [2.45, 2.75) is 32.6 Å². The van der Waals surface area contributed by atoms with Crippen LogP contribution in [0.3, 0.4) is 0 Å². The fourth-order valence-electron chi connectivity index (χ4n) is 2.87. The summed E-state index contributed by atoms with van der Waals surface area (Å²) < 4.78 is 0. The predicted molar refractivity (Wildman–Crippen MR) is 87.2 cm³/mol. The summed E-state index contributed by atoms with van der Waals surface area (Å²) in [5.41, 5.74) is 5.11. The summed E-state index contributed by atoms with van der Waals surface area (Å²) in [6.45, 7) is 5.27. The summed E-state index contributed by atoms with van der Waals surface area (Å²) in [4.78, 5) is 12.8. The molecule has 1 N–H and O–H groups in total. The van der Waals surface area contributed by atoms with Gasteiger partial charge in [0, 0.05) is 23.4 Å². The Morgan fingerprint density at radius 1 is 1.10 bits per heavy atom. The second kappa shape index (κ2) is 5.72. The van der Waals surface area contributed by atoms with Crippen LogP contribution in [0.2, 0.25) is 0 Å². The van der Waals surface area contributed by atoms with Crippen molar-refractivity contribution in [1.29, 1.82) is 0 Å². The first-order valence-corrected chi connectivity index (χ1v) is 7.67. The van der Waals surface area contributed by atoms with E-state index in [1.807, 2.05) is 24.3 Å². The highest BCUT2D eigenvalue weighted by atomic mass is 16.1. The second-order valence-corrected chi connectivity index (χ2v) is 5.98. The van der Waals surface area contributed by atoms with E-state index in [-0.39, 0.29) is 5.78 Å². The van der Waals surface area contributed by atoms with Gasteiger partial charge in [0.1, 0.15) is 0 Å². The fourth-order valence-corrected chi connectivity index (χ4v) is 2.87. The molecule has 0 saturated carbocycles. The highest BCUT2D eigenvalue weighted by Crippen LogP contribution is 2.28. The summed E-state index contributed by atoms with van der Waals surface area (Å²) >= 11 is 0. The molecule has 1 aliphatic rings. The van der Waals surface area contributed by atoms with Gasteiger partial charge in [0.25, 0.3) is 0 Å². The molecule has 1 heterocycles. The molecule has 2 heteroatoms.